The molecule has 1 aromatic carbocycles. The second-order valence-electron chi connectivity index (χ2n) is 5.69. The van der Waals surface area contributed by atoms with Crippen LogP contribution in [0.25, 0.3) is 0 Å². The quantitative estimate of drug-likeness (QED) is 0.832. The Labute approximate surface area is 126 Å². The SMILES string of the molecule is O=C1N(CC2CC2)c2ccc(Br)cc2C12OCCCO2. The van der Waals surface area contributed by atoms with Crippen LogP contribution in [0.3, 0.4) is 0 Å². The summed E-state index contributed by atoms with van der Waals surface area (Å²) in [6.45, 7) is 1.91. The lowest BCUT2D eigenvalue weighted by molar-refractivity contribution is -0.256. The molecule has 20 heavy (non-hydrogen) atoms. The lowest BCUT2D eigenvalue weighted by Gasteiger charge is -2.32. The van der Waals surface area contributed by atoms with Gasteiger partial charge in [-0.05, 0) is 43.4 Å². The molecular formula is C15H16BrNO3. The van der Waals surface area contributed by atoms with E-state index in [-0.39, 0.29) is 5.91 Å². The van der Waals surface area contributed by atoms with Crippen molar-refractivity contribution in [2.75, 3.05) is 24.7 Å². The van der Waals surface area contributed by atoms with E-state index in [9.17, 15) is 4.79 Å². The molecule has 2 heterocycles. The molecule has 3 aliphatic rings. The molecule has 0 N–H and O–H groups in total. The maximum absolute atomic E-state index is 12.9. The highest BCUT2D eigenvalue weighted by Crippen LogP contribution is 2.47. The first-order valence-corrected chi connectivity index (χ1v) is 7.90. The van der Waals surface area contributed by atoms with Crippen LogP contribution < -0.4 is 4.90 Å². The van der Waals surface area contributed by atoms with Crippen molar-refractivity contribution in [3.05, 3.63) is 28.2 Å². The first kappa shape index (κ1) is 12.8. The lowest BCUT2D eigenvalue weighted by atomic mass is 10.1. The van der Waals surface area contributed by atoms with Crippen LogP contribution >= 0.6 is 15.9 Å². The van der Waals surface area contributed by atoms with Crippen LogP contribution in [0, 0.1) is 5.92 Å². The first-order chi connectivity index (χ1) is 9.71. The molecule has 4 rings (SSSR count). The van der Waals surface area contributed by atoms with E-state index in [1.54, 1.807) is 0 Å². The number of halogens is 1. The van der Waals surface area contributed by atoms with Gasteiger partial charge in [0.15, 0.2) is 0 Å². The number of carbonyl (C=O) groups is 1. The Hall–Kier alpha value is -0.910. The van der Waals surface area contributed by atoms with E-state index in [1.165, 1.54) is 12.8 Å². The molecule has 4 nitrogen and oxygen atoms in total. The number of benzene rings is 1. The number of ether oxygens (including phenoxy) is 2. The minimum Gasteiger partial charge on any atom is -0.338 e. The van der Waals surface area contributed by atoms with Gasteiger partial charge in [0, 0.05) is 16.6 Å². The smallest absolute Gasteiger partial charge is 0.292 e. The summed E-state index contributed by atoms with van der Waals surface area (Å²) < 4.78 is 12.6. The Kier molecular flexibility index (Phi) is 2.91. The Morgan fingerprint density at radius 2 is 2.05 bits per heavy atom. The molecule has 0 atom stereocenters. The molecule has 1 saturated carbocycles. The number of amides is 1. The molecule has 106 valence electrons. The van der Waals surface area contributed by atoms with Crippen molar-refractivity contribution < 1.29 is 14.3 Å². The van der Waals surface area contributed by atoms with Crippen molar-refractivity contribution in [2.24, 2.45) is 5.92 Å². The molecule has 0 radical (unpaired) electrons. The second kappa shape index (κ2) is 4.55. The van der Waals surface area contributed by atoms with Gasteiger partial charge in [0.05, 0.1) is 18.9 Å². The average molecular weight is 338 g/mol. The van der Waals surface area contributed by atoms with E-state index < -0.39 is 5.79 Å². The molecule has 2 fully saturated rings. The van der Waals surface area contributed by atoms with Gasteiger partial charge in [-0.3, -0.25) is 4.79 Å². The summed E-state index contributed by atoms with van der Waals surface area (Å²) >= 11 is 3.48. The number of rotatable bonds is 2. The van der Waals surface area contributed by atoms with Gasteiger partial charge in [0.2, 0.25) is 0 Å². The third kappa shape index (κ3) is 1.84. The summed E-state index contributed by atoms with van der Waals surface area (Å²) in [6.07, 6.45) is 3.26. The predicted molar refractivity (Wildman–Crippen MR) is 77.4 cm³/mol. The fourth-order valence-corrected chi connectivity index (χ4v) is 3.32. The van der Waals surface area contributed by atoms with Gasteiger partial charge in [0.1, 0.15) is 0 Å². The number of nitrogens with zero attached hydrogens (tertiary/aromatic N) is 1. The Balaban J connectivity index is 1.80. The van der Waals surface area contributed by atoms with Crippen LogP contribution in [0.4, 0.5) is 5.69 Å². The van der Waals surface area contributed by atoms with Gasteiger partial charge in [-0.2, -0.15) is 0 Å². The fourth-order valence-electron chi connectivity index (χ4n) is 2.96. The van der Waals surface area contributed by atoms with Crippen molar-refractivity contribution in [2.45, 2.75) is 25.0 Å². The molecule has 1 spiro atoms. The number of carbonyl (C=O) groups excluding carboxylic acids is 1. The van der Waals surface area contributed by atoms with Gasteiger partial charge >= 0.3 is 0 Å². The molecular weight excluding hydrogens is 322 g/mol. The van der Waals surface area contributed by atoms with Crippen molar-refractivity contribution >= 4 is 27.5 Å². The normalized spacial score (nSPS) is 24.2. The van der Waals surface area contributed by atoms with E-state index in [0.29, 0.717) is 19.1 Å². The van der Waals surface area contributed by atoms with Gasteiger partial charge in [-0.15, -0.1) is 0 Å². The lowest BCUT2D eigenvalue weighted by Crippen LogP contribution is -2.47. The number of hydrogen-bond donors (Lipinski definition) is 0. The number of hydrogen-bond acceptors (Lipinski definition) is 3. The largest absolute Gasteiger partial charge is 0.338 e. The topological polar surface area (TPSA) is 38.8 Å². The third-order valence-electron chi connectivity index (χ3n) is 4.17. The van der Waals surface area contributed by atoms with Crippen LogP contribution in [0.15, 0.2) is 22.7 Å². The van der Waals surface area contributed by atoms with Gasteiger partial charge in [-0.25, -0.2) is 0 Å². The molecule has 0 bridgehead atoms. The zero-order valence-corrected chi connectivity index (χ0v) is 12.7. The Morgan fingerprint density at radius 1 is 1.30 bits per heavy atom. The van der Waals surface area contributed by atoms with E-state index in [2.05, 4.69) is 15.9 Å². The number of fused-ring (bicyclic) bond motifs is 2. The Morgan fingerprint density at radius 3 is 2.75 bits per heavy atom. The highest BCUT2D eigenvalue weighted by Gasteiger charge is 2.55. The van der Waals surface area contributed by atoms with Crippen molar-refractivity contribution in [3.63, 3.8) is 0 Å². The molecule has 0 unspecified atom stereocenters. The number of anilines is 1. The van der Waals surface area contributed by atoms with Crippen molar-refractivity contribution in [1.29, 1.82) is 0 Å². The maximum Gasteiger partial charge on any atom is 0.292 e. The molecule has 2 aliphatic heterocycles. The highest BCUT2D eigenvalue weighted by atomic mass is 79.9. The standard InChI is InChI=1S/C15H16BrNO3/c16-11-4-5-13-12(8-11)15(19-6-1-7-20-15)14(18)17(13)9-10-2-3-10/h4-5,8,10H,1-3,6-7,9H2. The zero-order valence-electron chi connectivity index (χ0n) is 11.1. The van der Waals surface area contributed by atoms with Crippen LogP contribution in [-0.4, -0.2) is 25.7 Å². The average Bonchev–Trinajstić information content (AvgIpc) is 3.26. The first-order valence-electron chi connectivity index (χ1n) is 7.10. The molecule has 5 heteroatoms. The van der Waals surface area contributed by atoms with E-state index in [4.69, 9.17) is 9.47 Å². The molecule has 1 aromatic rings. The second-order valence-corrected chi connectivity index (χ2v) is 6.60. The van der Waals surface area contributed by atoms with Gasteiger partial charge in [-0.1, -0.05) is 15.9 Å². The predicted octanol–water partition coefficient (Wildman–Crippen LogP) is 2.80. The summed E-state index contributed by atoms with van der Waals surface area (Å²) in [5.41, 5.74) is 1.78. The van der Waals surface area contributed by atoms with Gasteiger partial charge < -0.3 is 14.4 Å². The summed E-state index contributed by atoms with van der Waals surface area (Å²) in [5, 5.41) is 0. The minimum absolute atomic E-state index is 0.0581. The molecule has 1 aliphatic carbocycles. The monoisotopic (exact) mass is 337 g/mol. The third-order valence-corrected chi connectivity index (χ3v) is 4.66. The maximum atomic E-state index is 12.9. The summed E-state index contributed by atoms with van der Waals surface area (Å²) in [7, 11) is 0. The van der Waals surface area contributed by atoms with Crippen LogP contribution in [0.2, 0.25) is 0 Å². The molecule has 1 amide bonds. The van der Waals surface area contributed by atoms with Crippen LogP contribution in [0.5, 0.6) is 0 Å². The minimum atomic E-state index is -1.20. The summed E-state index contributed by atoms with van der Waals surface area (Å²) in [5.74, 6) is -0.627. The summed E-state index contributed by atoms with van der Waals surface area (Å²) in [6, 6.07) is 5.90. The van der Waals surface area contributed by atoms with Crippen LogP contribution in [0.1, 0.15) is 24.8 Å². The van der Waals surface area contributed by atoms with Crippen molar-refractivity contribution in [1.82, 2.24) is 0 Å². The van der Waals surface area contributed by atoms with Crippen LogP contribution in [-0.2, 0) is 20.1 Å². The highest BCUT2D eigenvalue weighted by molar-refractivity contribution is 9.10. The summed E-state index contributed by atoms with van der Waals surface area (Å²) in [4.78, 5) is 14.7. The molecule has 0 aromatic heterocycles. The van der Waals surface area contributed by atoms with E-state index >= 15 is 0 Å². The van der Waals surface area contributed by atoms with Crippen molar-refractivity contribution in [3.8, 4) is 0 Å². The zero-order chi connectivity index (χ0) is 13.7. The van der Waals surface area contributed by atoms with Gasteiger partial charge in [0.25, 0.3) is 11.7 Å². The molecule has 1 saturated heterocycles. The van der Waals surface area contributed by atoms with E-state index in [0.717, 1.165) is 28.7 Å². The van der Waals surface area contributed by atoms with E-state index in [1.807, 2.05) is 23.1 Å². The fraction of sp³-hybridized carbons (Fsp3) is 0.533. The Bertz CT molecular complexity index is 564.